The molecule has 8 heteroatoms. The standard InChI is InChI=1S/C22H25N3O5/c1-12(2)7-17-21(27)24(22(28)23-17)10-18(26)16-8-13(3)25(14(16)4)15-5-6-19-20(9-15)30-11-29-19/h5-6,8-9,12,17H,7,10-11H2,1-4H3,(H,23,28)/t17-/m0/s1. The smallest absolute Gasteiger partial charge is 0.325 e. The molecule has 0 saturated carbocycles. The van der Waals surface area contributed by atoms with Crippen molar-refractivity contribution >= 4 is 17.7 Å². The number of aromatic nitrogens is 1. The normalized spacial score (nSPS) is 17.8. The molecule has 0 bridgehead atoms. The Morgan fingerprint density at radius 3 is 2.63 bits per heavy atom. The van der Waals surface area contributed by atoms with Gasteiger partial charge in [-0.05, 0) is 44.4 Å². The number of ether oxygens (including phenoxy) is 2. The molecule has 158 valence electrons. The van der Waals surface area contributed by atoms with Crippen molar-refractivity contribution < 1.29 is 23.9 Å². The molecule has 8 nitrogen and oxygen atoms in total. The van der Waals surface area contributed by atoms with E-state index in [-0.39, 0.29) is 30.9 Å². The third-order valence-corrected chi connectivity index (χ3v) is 5.46. The van der Waals surface area contributed by atoms with E-state index in [2.05, 4.69) is 5.32 Å². The van der Waals surface area contributed by atoms with E-state index in [1.54, 1.807) is 6.07 Å². The zero-order valence-corrected chi connectivity index (χ0v) is 17.5. The average molecular weight is 411 g/mol. The molecule has 30 heavy (non-hydrogen) atoms. The number of hydrogen-bond donors (Lipinski definition) is 1. The molecule has 4 rings (SSSR count). The van der Waals surface area contributed by atoms with Crippen molar-refractivity contribution in [2.45, 2.75) is 40.2 Å². The minimum absolute atomic E-state index is 0.190. The largest absolute Gasteiger partial charge is 0.454 e. The number of ketones is 1. The lowest BCUT2D eigenvalue weighted by molar-refractivity contribution is -0.127. The van der Waals surface area contributed by atoms with Gasteiger partial charge in [0.15, 0.2) is 17.3 Å². The summed E-state index contributed by atoms with van der Waals surface area (Å²) in [5.74, 6) is 0.987. The van der Waals surface area contributed by atoms with Crippen molar-refractivity contribution in [3.05, 3.63) is 41.2 Å². The fourth-order valence-electron chi connectivity index (χ4n) is 4.05. The molecular weight excluding hydrogens is 386 g/mol. The third kappa shape index (κ3) is 3.42. The van der Waals surface area contributed by atoms with Crippen molar-refractivity contribution in [3.63, 3.8) is 0 Å². The Labute approximate surface area is 174 Å². The maximum absolute atomic E-state index is 13.0. The number of imide groups is 1. The van der Waals surface area contributed by atoms with Crippen molar-refractivity contribution in [1.82, 2.24) is 14.8 Å². The highest BCUT2D eigenvalue weighted by Gasteiger charge is 2.39. The molecule has 3 amide bonds. The van der Waals surface area contributed by atoms with Crippen molar-refractivity contribution in [2.75, 3.05) is 13.3 Å². The highest BCUT2D eigenvalue weighted by atomic mass is 16.7. The molecule has 1 saturated heterocycles. The van der Waals surface area contributed by atoms with Gasteiger partial charge in [0, 0.05) is 28.7 Å². The summed E-state index contributed by atoms with van der Waals surface area (Å²) in [4.78, 5) is 38.8. The summed E-state index contributed by atoms with van der Waals surface area (Å²) in [6.07, 6.45) is 0.549. The first-order valence-corrected chi connectivity index (χ1v) is 10.00. The molecule has 1 aromatic heterocycles. The maximum atomic E-state index is 13.0. The summed E-state index contributed by atoms with van der Waals surface area (Å²) in [7, 11) is 0. The van der Waals surface area contributed by atoms with Gasteiger partial charge in [-0.1, -0.05) is 13.8 Å². The fourth-order valence-corrected chi connectivity index (χ4v) is 4.05. The summed E-state index contributed by atoms with van der Waals surface area (Å²) in [5.41, 5.74) is 2.94. The van der Waals surface area contributed by atoms with E-state index < -0.39 is 12.1 Å². The molecule has 0 aliphatic carbocycles. The Balaban J connectivity index is 1.57. The van der Waals surface area contributed by atoms with E-state index in [4.69, 9.17) is 9.47 Å². The van der Waals surface area contributed by atoms with Crippen LogP contribution in [0.4, 0.5) is 4.79 Å². The van der Waals surface area contributed by atoms with Crippen LogP contribution in [-0.2, 0) is 4.79 Å². The van der Waals surface area contributed by atoms with E-state index in [1.807, 2.05) is 50.5 Å². The topological polar surface area (TPSA) is 89.9 Å². The molecule has 1 aromatic carbocycles. The second-order valence-electron chi connectivity index (χ2n) is 8.14. The minimum atomic E-state index is -0.564. The van der Waals surface area contributed by atoms with E-state index in [9.17, 15) is 14.4 Å². The highest BCUT2D eigenvalue weighted by molar-refractivity contribution is 6.09. The number of urea groups is 1. The summed E-state index contributed by atoms with van der Waals surface area (Å²) in [6, 6.07) is 6.31. The Bertz CT molecular complexity index is 1040. The quantitative estimate of drug-likeness (QED) is 0.583. The monoisotopic (exact) mass is 411 g/mol. The van der Waals surface area contributed by atoms with Gasteiger partial charge in [-0.15, -0.1) is 0 Å². The van der Waals surface area contributed by atoms with Crippen LogP contribution in [0.5, 0.6) is 11.5 Å². The van der Waals surface area contributed by atoms with E-state index in [1.165, 1.54) is 0 Å². The van der Waals surface area contributed by atoms with Gasteiger partial charge in [0.1, 0.15) is 6.04 Å². The van der Waals surface area contributed by atoms with Crippen LogP contribution in [0, 0.1) is 19.8 Å². The second-order valence-corrected chi connectivity index (χ2v) is 8.14. The number of benzene rings is 1. The maximum Gasteiger partial charge on any atom is 0.325 e. The van der Waals surface area contributed by atoms with Crippen molar-refractivity contribution in [2.24, 2.45) is 5.92 Å². The molecule has 0 spiro atoms. The summed E-state index contributed by atoms with van der Waals surface area (Å²) < 4.78 is 12.8. The molecule has 0 radical (unpaired) electrons. The first-order valence-electron chi connectivity index (χ1n) is 10.00. The summed E-state index contributed by atoms with van der Waals surface area (Å²) in [6.45, 7) is 7.63. The lowest BCUT2D eigenvalue weighted by Gasteiger charge is -2.14. The van der Waals surface area contributed by atoms with Crippen LogP contribution >= 0.6 is 0 Å². The van der Waals surface area contributed by atoms with Gasteiger partial charge < -0.3 is 19.4 Å². The Morgan fingerprint density at radius 2 is 1.90 bits per heavy atom. The number of carbonyl (C=O) groups is 3. The molecule has 3 heterocycles. The molecule has 2 aliphatic rings. The number of amides is 3. The zero-order valence-electron chi connectivity index (χ0n) is 17.5. The lowest BCUT2D eigenvalue weighted by atomic mass is 10.0. The Hall–Kier alpha value is -3.29. The van der Waals surface area contributed by atoms with Crippen molar-refractivity contribution in [1.29, 1.82) is 0 Å². The first-order chi connectivity index (χ1) is 14.3. The van der Waals surface area contributed by atoms with Gasteiger partial charge in [0.2, 0.25) is 6.79 Å². The van der Waals surface area contributed by atoms with Crippen LogP contribution < -0.4 is 14.8 Å². The Morgan fingerprint density at radius 1 is 1.17 bits per heavy atom. The molecule has 0 unspecified atom stereocenters. The van der Waals surface area contributed by atoms with Crippen LogP contribution in [0.3, 0.4) is 0 Å². The molecule has 2 aromatic rings. The number of nitrogens with zero attached hydrogens (tertiary/aromatic N) is 2. The SMILES string of the molecule is Cc1cc(C(=O)CN2C(=O)N[C@@H](CC(C)C)C2=O)c(C)n1-c1ccc2c(c1)OCO2. The predicted octanol–water partition coefficient (Wildman–Crippen LogP) is 2.97. The number of hydrogen-bond acceptors (Lipinski definition) is 5. The average Bonchev–Trinajstić information content (AvgIpc) is 3.33. The zero-order chi connectivity index (χ0) is 21.6. The molecular formula is C22H25N3O5. The highest BCUT2D eigenvalue weighted by Crippen LogP contribution is 2.35. The first kappa shape index (κ1) is 20.0. The van der Waals surface area contributed by atoms with Gasteiger partial charge >= 0.3 is 6.03 Å². The predicted molar refractivity (Wildman–Crippen MR) is 109 cm³/mol. The van der Waals surface area contributed by atoms with E-state index in [0.29, 0.717) is 23.5 Å². The number of nitrogens with one attached hydrogen (secondary N) is 1. The van der Waals surface area contributed by atoms with Gasteiger partial charge in [0.25, 0.3) is 5.91 Å². The number of fused-ring (bicyclic) bond motifs is 1. The number of Topliss-reactive ketones (excluding diaryl/α,β-unsaturated/α-hetero) is 1. The summed E-state index contributed by atoms with van der Waals surface area (Å²) >= 11 is 0. The number of aryl methyl sites for hydroxylation is 1. The fraction of sp³-hybridized carbons (Fsp3) is 0.409. The van der Waals surface area contributed by atoms with Crippen LogP contribution in [0.15, 0.2) is 24.3 Å². The van der Waals surface area contributed by atoms with E-state index in [0.717, 1.165) is 22.0 Å². The van der Waals surface area contributed by atoms with E-state index >= 15 is 0 Å². The van der Waals surface area contributed by atoms with Crippen LogP contribution in [-0.4, -0.2) is 46.6 Å². The van der Waals surface area contributed by atoms with Gasteiger partial charge in [-0.3, -0.25) is 14.5 Å². The van der Waals surface area contributed by atoms with Crippen LogP contribution in [0.1, 0.15) is 42.0 Å². The van der Waals surface area contributed by atoms with Crippen LogP contribution in [0.2, 0.25) is 0 Å². The lowest BCUT2D eigenvalue weighted by Crippen LogP contribution is -2.36. The molecule has 1 atom stereocenters. The third-order valence-electron chi connectivity index (χ3n) is 5.46. The molecule has 1 fully saturated rings. The van der Waals surface area contributed by atoms with Crippen LogP contribution in [0.25, 0.3) is 5.69 Å². The van der Waals surface area contributed by atoms with Crippen molar-refractivity contribution in [3.8, 4) is 17.2 Å². The number of carbonyl (C=O) groups excluding carboxylic acids is 3. The summed E-state index contributed by atoms with van der Waals surface area (Å²) in [5, 5.41) is 2.68. The van der Waals surface area contributed by atoms with Gasteiger partial charge in [-0.25, -0.2) is 4.79 Å². The van der Waals surface area contributed by atoms with Gasteiger partial charge in [-0.2, -0.15) is 0 Å². The molecule has 1 N–H and O–H groups in total. The Kier molecular flexibility index (Phi) is 5.01. The minimum Gasteiger partial charge on any atom is -0.454 e. The van der Waals surface area contributed by atoms with Gasteiger partial charge in [0.05, 0.1) is 6.54 Å². The number of rotatable bonds is 6. The molecule has 2 aliphatic heterocycles. The second kappa shape index (κ2) is 7.51.